The van der Waals surface area contributed by atoms with Gasteiger partial charge >= 0.3 is 6.03 Å². The molecule has 0 aromatic heterocycles. The summed E-state index contributed by atoms with van der Waals surface area (Å²) in [4.78, 5) is 31.9. The number of urea groups is 1. The van der Waals surface area contributed by atoms with Gasteiger partial charge in [-0.2, -0.15) is 0 Å². The summed E-state index contributed by atoms with van der Waals surface area (Å²) in [6.07, 6.45) is 7.36. The summed E-state index contributed by atoms with van der Waals surface area (Å²) in [5, 5.41) is 6.06. The van der Waals surface area contributed by atoms with Crippen molar-refractivity contribution in [2.24, 2.45) is 5.92 Å². The van der Waals surface area contributed by atoms with Crippen LogP contribution in [0.25, 0.3) is 0 Å². The van der Waals surface area contributed by atoms with Crippen molar-refractivity contribution in [1.82, 2.24) is 25.3 Å². The highest BCUT2D eigenvalue weighted by molar-refractivity contribution is 5.82. The topological polar surface area (TPSA) is 77.2 Å². The summed E-state index contributed by atoms with van der Waals surface area (Å²) in [5.74, 6) is 0.610. The molecular formula is C22H39N5O3. The van der Waals surface area contributed by atoms with Gasteiger partial charge in [-0.15, -0.1) is 6.58 Å². The van der Waals surface area contributed by atoms with Gasteiger partial charge in [0, 0.05) is 52.4 Å². The Bertz CT molecular complexity index is 553. The van der Waals surface area contributed by atoms with Crippen LogP contribution in [0.15, 0.2) is 12.7 Å². The Balaban J connectivity index is 1.46. The summed E-state index contributed by atoms with van der Waals surface area (Å²) in [6, 6.07) is -0.103. The number of rotatable bonds is 9. The van der Waals surface area contributed by atoms with Crippen molar-refractivity contribution < 1.29 is 14.3 Å². The molecule has 8 nitrogen and oxygen atoms in total. The van der Waals surface area contributed by atoms with Gasteiger partial charge in [0.15, 0.2) is 0 Å². The molecule has 2 saturated heterocycles. The van der Waals surface area contributed by atoms with Crippen LogP contribution in [0, 0.1) is 5.92 Å². The molecule has 3 fully saturated rings. The zero-order valence-electron chi connectivity index (χ0n) is 18.3. The van der Waals surface area contributed by atoms with Crippen LogP contribution < -0.4 is 10.6 Å². The summed E-state index contributed by atoms with van der Waals surface area (Å²) in [6.45, 7) is 12.3. The molecule has 1 atom stereocenters. The summed E-state index contributed by atoms with van der Waals surface area (Å²) >= 11 is 0. The van der Waals surface area contributed by atoms with E-state index < -0.39 is 0 Å². The number of ether oxygens (including phenoxy) is 1. The van der Waals surface area contributed by atoms with Crippen LogP contribution in [-0.4, -0.2) is 105 Å². The van der Waals surface area contributed by atoms with E-state index in [1.54, 1.807) is 6.08 Å². The third-order valence-corrected chi connectivity index (χ3v) is 6.56. The maximum absolute atomic E-state index is 13.1. The Labute approximate surface area is 181 Å². The van der Waals surface area contributed by atoms with Crippen LogP contribution in [0.5, 0.6) is 0 Å². The molecule has 170 valence electrons. The fourth-order valence-electron chi connectivity index (χ4n) is 4.87. The van der Waals surface area contributed by atoms with Crippen molar-refractivity contribution in [2.45, 2.75) is 38.1 Å². The van der Waals surface area contributed by atoms with Gasteiger partial charge in [0.05, 0.1) is 19.3 Å². The Kier molecular flexibility index (Phi) is 9.42. The fraction of sp³-hybridized carbons (Fsp3) is 0.818. The van der Waals surface area contributed by atoms with Gasteiger partial charge in [-0.25, -0.2) is 4.79 Å². The van der Waals surface area contributed by atoms with E-state index in [0.717, 1.165) is 71.7 Å². The third-order valence-electron chi connectivity index (χ3n) is 6.56. The molecule has 1 saturated carbocycles. The number of nitrogens with one attached hydrogen (secondary N) is 2. The number of hydrogen-bond acceptors (Lipinski definition) is 5. The van der Waals surface area contributed by atoms with E-state index in [2.05, 4.69) is 27.0 Å². The normalized spacial score (nSPS) is 22.6. The highest BCUT2D eigenvalue weighted by atomic mass is 16.5. The molecule has 0 bridgehead atoms. The molecule has 2 N–H and O–H groups in total. The number of carbonyl (C=O) groups is 2. The zero-order chi connectivity index (χ0) is 21.2. The quantitative estimate of drug-likeness (QED) is 0.427. The predicted molar refractivity (Wildman–Crippen MR) is 117 cm³/mol. The van der Waals surface area contributed by atoms with E-state index in [1.807, 2.05) is 4.90 Å². The highest BCUT2D eigenvalue weighted by Crippen LogP contribution is 2.31. The van der Waals surface area contributed by atoms with Gasteiger partial charge in [-0.05, 0) is 31.7 Å². The number of amides is 3. The van der Waals surface area contributed by atoms with Crippen molar-refractivity contribution in [2.75, 3.05) is 72.1 Å². The molecule has 8 heteroatoms. The minimum Gasteiger partial charge on any atom is -0.379 e. The lowest BCUT2D eigenvalue weighted by Gasteiger charge is -2.40. The van der Waals surface area contributed by atoms with Crippen molar-refractivity contribution in [3.05, 3.63) is 12.7 Å². The number of morpholine rings is 1. The maximum Gasteiger partial charge on any atom is 0.317 e. The van der Waals surface area contributed by atoms with Crippen LogP contribution in [0.1, 0.15) is 32.1 Å². The van der Waals surface area contributed by atoms with Gasteiger partial charge in [-0.1, -0.05) is 18.9 Å². The lowest BCUT2D eigenvalue weighted by atomic mass is 9.95. The zero-order valence-corrected chi connectivity index (χ0v) is 18.3. The molecule has 2 aliphatic heterocycles. The molecule has 0 aromatic rings. The molecule has 2 heterocycles. The first-order chi connectivity index (χ1) is 14.7. The number of nitrogens with zero attached hydrogens (tertiary/aromatic N) is 3. The first-order valence-electron chi connectivity index (χ1n) is 11.6. The van der Waals surface area contributed by atoms with Crippen molar-refractivity contribution >= 4 is 11.9 Å². The van der Waals surface area contributed by atoms with Crippen LogP contribution in [-0.2, 0) is 9.53 Å². The molecule has 1 aliphatic carbocycles. The second-order valence-corrected chi connectivity index (χ2v) is 8.59. The third kappa shape index (κ3) is 6.68. The molecule has 0 radical (unpaired) electrons. The largest absolute Gasteiger partial charge is 0.379 e. The molecule has 30 heavy (non-hydrogen) atoms. The Morgan fingerprint density at radius 1 is 1.03 bits per heavy atom. The maximum atomic E-state index is 13.1. The van der Waals surface area contributed by atoms with E-state index in [4.69, 9.17) is 4.74 Å². The van der Waals surface area contributed by atoms with E-state index in [1.165, 1.54) is 12.8 Å². The monoisotopic (exact) mass is 421 g/mol. The molecule has 0 spiro atoms. The second kappa shape index (κ2) is 12.3. The first kappa shape index (κ1) is 23.0. The van der Waals surface area contributed by atoms with Crippen molar-refractivity contribution in [3.63, 3.8) is 0 Å². The van der Waals surface area contributed by atoms with E-state index in [9.17, 15) is 9.59 Å². The lowest BCUT2D eigenvalue weighted by molar-refractivity contribution is -0.129. The van der Waals surface area contributed by atoms with Crippen molar-refractivity contribution in [1.29, 1.82) is 0 Å². The average Bonchev–Trinajstić information content (AvgIpc) is 3.31. The summed E-state index contributed by atoms with van der Waals surface area (Å²) in [5.41, 5.74) is 0. The molecule has 3 rings (SSSR count). The Hall–Kier alpha value is -1.64. The lowest BCUT2D eigenvalue weighted by Crippen LogP contribution is -2.59. The minimum absolute atomic E-state index is 0.0421. The van der Waals surface area contributed by atoms with Crippen LogP contribution in [0.3, 0.4) is 0 Å². The van der Waals surface area contributed by atoms with Gasteiger partial charge < -0.3 is 20.3 Å². The van der Waals surface area contributed by atoms with E-state index in [-0.39, 0.29) is 18.0 Å². The standard InChI is InChI=1S/C22H39N5O3/c1-2-8-24-22(29)27-13-11-26(12-14-27)20(19-6-3-4-7-19)21(28)23-9-5-10-25-15-17-30-18-16-25/h2,19-20H,1,3-18H2,(H,23,28)(H,24,29)/t20-/m1/s1. The SMILES string of the molecule is C=CCNC(=O)N1CCN([C@@H](C(=O)NCCCN2CCOCC2)C2CCCC2)CC1. The van der Waals surface area contributed by atoms with Crippen molar-refractivity contribution in [3.8, 4) is 0 Å². The summed E-state index contributed by atoms with van der Waals surface area (Å²) in [7, 11) is 0. The van der Waals surface area contributed by atoms with Crippen LogP contribution >= 0.6 is 0 Å². The van der Waals surface area contributed by atoms with Gasteiger partial charge in [0.2, 0.25) is 5.91 Å². The van der Waals surface area contributed by atoms with Crippen LogP contribution in [0.2, 0.25) is 0 Å². The summed E-state index contributed by atoms with van der Waals surface area (Å²) < 4.78 is 5.39. The Morgan fingerprint density at radius 3 is 2.40 bits per heavy atom. The molecule has 3 aliphatic rings. The number of hydrogen-bond donors (Lipinski definition) is 2. The van der Waals surface area contributed by atoms with Gasteiger partial charge in [-0.3, -0.25) is 14.6 Å². The predicted octanol–water partition coefficient (Wildman–Crippen LogP) is 0.897. The molecule has 0 aromatic carbocycles. The fourth-order valence-corrected chi connectivity index (χ4v) is 4.87. The molecule has 3 amide bonds. The van der Waals surface area contributed by atoms with Gasteiger partial charge in [0.1, 0.15) is 0 Å². The molecular weight excluding hydrogens is 382 g/mol. The minimum atomic E-state index is -0.0609. The van der Waals surface area contributed by atoms with Crippen LogP contribution in [0.4, 0.5) is 4.79 Å². The Morgan fingerprint density at radius 2 is 1.73 bits per heavy atom. The van der Waals surface area contributed by atoms with E-state index in [0.29, 0.717) is 25.6 Å². The van der Waals surface area contributed by atoms with Gasteiger partial charge in [0.25, 0.3) is 0 Å². The second-order valence-electron chi connectivity index (χ2n) is 8.59. The molecule has 0 unspecified atom stereocenters. The number of carbonyl (C=O) groups excluding carboxylic acids is 2. The number of piperazine rings is 1. The highest BCUT2D eigenvalue weighted by Gasteiger charge is 2.37. The average molecular weight is 422 g/mol. The first-order valence-corrected chi connectivity index (χ1v) is 11.6. The van der Waals surface area contributed by atoms with E-state index >= 15 is 0 Å². The smallest absolute Gasteiger partial charge is 0.317 e.